The fourth-order valence-corrected chi connectivity index (χ4v) is 2.04. The first-order valence-corrected chi connectivity index (χ1v) is 6.07. The highest BCUT2D eigenvalue weighted by Gasteiger charge is 2.26. The maximum absolute atomic E-state index is 13.8. The molecule has 0 bridgehead atoms. The van der Waals surface area contributed by atoms with Crippen molar-refractivity contribution in [2.24, 2.45) is 0 Å². The third-order valence-corrected chi connectivity index (χ3v) is 3.01. The van der Waals surface area contributed by atoms with Gasteiger partial charge in [0.2, 0.25) is 0 Å². The minimum Gasteiger partial charge on any atom is -0.504 e. The molecule has 1 aromatic heterocycles. The second-order valence-corrected chi connectivity index (χ2v) is 5.59. The molecule has 2 aromatic rings. The number of halogens is 3. The largest absolute Gasteiger partial charge is 0.504 e. The molecule has 0 aliphatic heterocycles. The second-order valence-electron chi connectivity index (χ2n) is 5.59. The van der Waals surface area contributed by atoms with Crippen LogP contribution in [0, 0.1) is 24.4 Å². The molecule has 0 aliphatic rings. The van der Waals surface area contributed by atoms with E-state index in [2.05, 4.69) is 5.10 Å². The van der Waals surface area contributed by atoms with E-state index in [1.54, 1.807) is 6.92 Å². The molecule has 20 heavy (non-hydrogen) atoms. The maximum atomic E-state index is 13.8. The highest BCUT2D eigenvalue weighted by atomic mass is 19.2. The molecule has 0 aliphatic carbocycles. The van der Waals surface area contributed by atoms with Crippen LogP contribution < -0.4 is 0 Å². The number of rotatable bonds is 1. The van der Waals surface area contributed by atoms with Gasteiger partial charge in [0, 0.05) is 5.56 Å². The van der Waals surface area contributed by atoms with Crippen LogP contribution in [-0.4, -0.2) is 14.9 Å². The van der Waals surface area contributed by atoms with E-state index in [-0.39, 0.29) is 17.0 Å². The summed E-state index contributed by atoms with van der Waals surface area (Å²) < 4.78 is 41.5. The molecule has 1 N–H and O–H groups in total. The van der Waals surface area contributed by atoms with E-state index in [9.17, 15) is 18.3 Å². The second kappa shape index (κ2) is 4.54. The summed E-state index contributed by atoms with van der Waals surface area (Å²) in [5, 5.41) is 14.2. The van der Waals surface area contributed by atoms with Gasteiger partial charge in [0.25, 0.3) is 0 Å². The molecule has 0 unspecified atom stereocenters. The van der Waals surface area contributed by atoms with Crippen molar-refractivity contribution < 1.29 is 18.3 Å². The molecule has 0 atom stereocenters. The molecule has 0 fully saturated rings. The Morgan fingerprint density at radius 3 is 2.20 bits per heavy atom. The van der Waals surface area contributed by atoms with Gasteiger partial charge < -0.3 is 5.11 Å². The zero-order valence-corrected chi connectivity index (χ0v) is 11.6. The highest BCUT2D eigenvalue weighted by Crippen LogP contribution is 2.35. The third-order valence-electron chi connectivity index (χ3n) is 3.01. The zero-order chi connectivity index (χ0) is 15.2. The average Bonchev–Trinajstić information content (AvgIpc) is 2.64. The van der Waals surface area contributed by atoms with Crippen molar-refractivity contribution in [3.63, 3.8) is 0 Å². The van der Waals surface area contributed by atoms with Gasteiger partial charge in [-0.3, -0.25) is 4.68 Å². The van der Waals surface area contributed by atoms with Crippen molar-refractivity contribution in [3.05, 3.63) is 35.3 Å². The first-order chi connectivity index (χ1) is 9.14. The fourth-order valence-electron chi connectivity index (χ4n) is 2.04. The van der Waals surface area contributed by atoms with Gasteiger partial charge in [-0.1, -0.05) is 0 Å². The molecule has 0 spiro atoms. The first-order valence-electron chi connectivity index (χ1n) is 6.07. The van der Waals surface area contributed by atoms with Gasteiger partial charge in [-0.05, 0) is 39.8 Å². The number of aromatic nitrogens is 2. The summed E-state index contributed by atoms with van der Waals surface area (Å²) in [5.74, 6) is -4.47. The number of aromatic hydroxyl groups is 1. The maximum Gasteiger partial charge on any atom is 0.195 e. The van der Waals surface area contributed by atoms with E-state index < -0.39 is 23.0 Å². The Morgan fingerprint density at radius 1 is 1.10 bits per heavy atom. The molecular weight excluding hydrogens is 269 g/mol. The van der Waals surface area contributed by atoms with E-state index in [1.807, 2.05) is 20.8 Å². The molecule has 3 nitrogen and oxygen atoms in total. The summed E-state index contributed by atoms with van der Waals surface area (Å²) in [7, 11) is 0. The van der Waals surface area contributed by atoms with Crippen LogP contribution in [0.3, 0.4) is 0 Å². The van der Waals surface area contributed by atoms with E-state index in [1.165, 1.54) is 4.68 Å². The van der Waals surface area contributed by atoms with Crippen molar-refractivity contribution in [1.82, 2.24) is 9.78 Å². The third kappa shape index (κ3) is 2.15. The molecular formula is C14H15F3N2O. The molecule has 0 saturated heterocycles. The minimum atomic E-state index is -1.58. The number of hydrogen-bond acceptors (Lipinski definition) is 2. The predicted octanol–water partition coefficient (Wildman–Crippen LogP) is 3.74. The van der Waals surface area contributed by atoms with Crippen LogP contribution in [0.15, 0.2) is 12.1 Å². The van der Waals surface area contributed by atoms with Gasteiger partial charge in [0.1, 0.15) is 5.69 Å². The molecule has 1 heterocycles. The standard InChI is InChI=1S/C14H15F3N2O/c1-7-13(20)12(18-19(7)14(2,3)4)8-5-6-9(15)11(17)10(8)16/h5-6,20H,1-4H3. The van der Waals surface area contributed by atoms with Gasteiger partial charge in [0.05, 0.1) is 11.2 Å². The highest BCUT2D eigenvalue weighted by molar-refractivity contribution is 5.67. The Morgan fingerprint density at radius 2 is 1.70 bits per heavy atom. The predicted molar refractivity (Wildman–Crippen MR) is 68.9 cm³/mol. The van der Waals surface area contributed by atoms with E-state index in [4.69, 9.17) is 0 Å². The lowest BCUT2D eigenvalue weighted by Gasteiger charge is -2.20. The quantitative estimate of drug-likeness (QED) is 0.810. The van der Waals surface area contributed by atoms with Gasteiger partial charge in [-0.2, -0.15) is 5.10 Å². The van der Waals surface area contributed by atoms with E-state index >= 15 is 0 Å². The molecule has 6 heteroatoms. The Labute approximate surface area is 114 Å². The lowest BCUT2D eigenvalue weighted by Crippen LogP contribution is -2.24. The molecule has 108 valence electrons. The van der Waals surface area contributed by atoms with Crippen LogP contribution in [0.1, 0.15) is 26.5 Å². The van der Waals surface area contributed by atoms with Gasteiger partial charge >= 0.3 is 0 Å². The van der Waals surface area contributed by atoms with Gasteiger partial charge in [-0.25, -0.2) is 13.2 Å². The fraction of sp³-hybridized carbons (Fsp3) is 0.357. The Bertz CT molecular complexity index is 672. The van der Waals surface area contributed by atoms with Crippen LogP contribution in [0.2, 0.25) is 0 Å². The summed E-state index contributed by atoms with van der Waals surface area (Å²) in [5.41, 5.74) is -0.382. The Kier molecular flexibility index (Phi) is 3.28. The molecule has 1 aromatic carbocycles. The van der Waals surface area contributed by atoms with Crippen molar-refractivity contribution in [1.29, 1.82) is 0 Å². The molecule has 0 radical (unpaired) electrons. The summed E-state index contributed by atoms with van der Waals surface area (Å²) in [6.07, 6.45) is 0. The number of nitrogens with zero attached hydrogens (tertiary/aromatic N) is 2. The van der Waals surface area contributed by atoms with Crippen molar-refractivity contribution >= 4 is 0 Å². The SMILES string of the molecule is Cc1c(O)c(-c2ccc(F)c(F)c2F)nn1C(C)(C)C. The lowest BCUT2D eigenvalue weighted by atomic mass is 10.1. The van der Waals surface area contributed by atoms with E-state index in [0.717, 1.165) is 12.1 Å². The van der Waals surface area contributed by atoms with Crippen LogP contribution in [0.4, 0.5) is 13.2 Å². The van der Waals surface area contributed by atoms with Crippen molar-refractivity contribution in [3.8, 4) is 17.0 Å². The smallest absolute Gasteiger partial charge is 0.195 e. The molecule has 0 amide bonds. The summed E-state index contributed by atoms with van der Waals surface area (Å²) >= 11 is 0. The van der Waals surface area contributed by atoms with E-state index in [0.29, 0.717) is 5.69 Å². The zero-order valence-electron chi connectivity index (χ0n) is 11.6. The minimum absolute atomic E-state index is 0.103. The monoisotopic (exact) mass is 284 g/mol. The van der Waals surface area contributed by atoms with Crippen LogP contribution >= 0.6 is 0 Å². The van der Waals surface area contributed by atoms with Crippen LogP contribution in [-0.2, 0) is 5.54 Å². The lowest BCUT2D eigenvalue weighted by molar-refractivity contribution is 0.345. The molecule has 2 rings (SSSR count). The summed E-state index contributed by atoms with van der Waals surface area (Å²) in [4.78, 5) is 0. The topological polar surface area (TPSA) is 38.1 Å². The number of benzene rings is 1. The Hall–Kier alpha value is -1.98. The molecule has 0 saturated carbocycles. The summed E-state index contributed by atoms with van der Waals surface area (Å²) in [6, 6.07) is 1.86. The van der Waals surface area contributed by atoms with Gasteiger partial charge in [0.15, 0.2) is 23.2 Å². The van der Waals surface area contributed by atoms with Gasteiger partial charge in [-0.15, -0.1) is 0 Å². The van der Waals surface area contributed by atoms with Crippen molar-refractivity contribution in [2.75, 3.05) is 0 Å². The average molecular weight is 284 g/mol. The summed E-state index contributed by atoms with van der Waals surface area (Å²) in [6.45, 7) is 7.20. The van der Waals surface area contributed by atoms with Crippen LogP contribution in [0.25, 0.3) is 11.3 Å². The first kappa shape index (κ1) is 14.4. The Balaban J connectivity index is 2.69. The normalized spacial score (nSPS) is 11.9. The van der Waals surface area contributed by atoms with Crippen molar-refractivity contribution in [2.45, 2.75) is 33.2 Å². The van der Waals surface area contributed by atoms with Crippen LogP contribution in [0.5, 0.6) is 5.75 Å². The number of hydrogen-bond donors (Lipinski definition) is 1.